The lowest BCUT2D eigenvalue weighted by atomic mass is 10.1. The molecule has 3 atom stereocenters. The smallest absolute Gasteiger partial charge is 0.387 e. The average Bonchev–Trinajstić information content (AvgIpc) is 2.99. The lowest BCUT2D eigenvalue weighted by Crippen LogP contribution is -2.45. The van der Waals surface area contributed by atoms with Crippen LogP contribution in [0.25, 0.3) is 0 Å². The van der Waals surface area contributed by atoms with Crippen LogP contribution in [0.2, 0.25) is 0 Å². The number of rotatable bonds is 32. The van der Waals surface area contributed by atoms with Gasteiger partial charge < -0.3 is 19.8 Å². The third-order valence-corrected chi connectivity index (χ3v) is 8.87. The lowest BCUT2D eigenvalue weighted by molar-refractivity contribution is -0.870. The zero-order chi connectivity index (χ0) is 34.4. The summed E-state index contributed by atoms with van der Waals surface area (Å²) in [6.45, 7) is 4.70. The van der Waals surface area contributed by atoms with Crippen molar-refractivity contribution in [1.82, 2.24) is 5.32 Å². The average molecular weight is 672 g/mol. The molecule has 0 aliphatic carbocycles. The fourth-order valence-electron chi connectivity index (χ4n) is 4.86. The number of quaternary nitrogens is 1. The van der Waals surface area contributed by atoms with Crippen LogP contribution in [0, 0.1) is 0 Å². The van der Waals surface area contributed by atoms with E-state index in [1.807, 2.05) is 27.2 Å². The highest BCUT2D eigenvalue weighted by Crippen LogP contribution is 2.43. The molecule has 0 radical (unpaired) electrons. The summed E-state index contributed by atoms with van der Waals surface area (Å²) in [5.41, 5.74) is 0. The summed E-state index contributed by atoms with van der Waals surface area (Å²) in [6.07, 6.45) is 33.6. The van der Waals surface area contributed by atoms with Crippen molar-refractivity contribution in [2.75, 3.05) is 40.9 Å². The SMILES string of the molecule is CCCCCCC/C=C/CCCCCCCC(=O)N[C@@H](COP(=O)(O)OCC[N+](C)(C)C)[C@H](O)/C=C/C=C/CCCCCCCC. The van der Waals surface area contributed by atoms with E-state index in [4.69, 9.17) is 9.05 Å². The molecule has 1 amide bonds. The van der Waals surface area contributed by atoms with Crippen LogP contribution in [0.5, 0.6) is 0 Å². The van der Waals surface area contributed by atoms with Crippen LogP contribution < -0.4 is 5.32 Å². The number of carbonyl (C=O) groups is 1. The van der Waals surface area contributed by atoms with Crippen molar-refractivity contribution < 1.29 is 32.9 Å². The van der Waals surface area contributed by atoms with E-state index in [-0.39, 0.29) is 19.1 Å². The maximum Gasteiger partial charge on any atom is 0.472 e. The summed E-state index contributed by atoms with van der Waals surface area (Å²) in [7, 11) is 1.53. The standard InChI is InChI=1S/C37H71N2O6P/c1-6-8-10-12-14-16-18-19-20-21-23-25-27-29-31-37(41)38-35(34-45-46(42,43)44-33-32-39(3,4)5)36(40)30-28-26-24-22-17-15-13-11-9-7-2/h18-19,24,26,28,30,35-36,40H,6-17,20-23,25,27,29,31-34H2,1-5H3,(H-,38,41,42,43)/p+1/b19-18+,26-24+,30-28+/t35-,36+/m0/s1. The summed E-state index contributed by atoms with van der Waals surface area (Å²) >= 11 is 0. The maximum atomic E-state index is 12.7. The number of amides is 1. The van der Waals surface area contributed by atoms with Gasteiger partial charge in [-0.05, 0) is 44.9 Å². The number of hydrogen-bond donors (Lipinski definition) is 3. The van der Waals surface area contributed by atoms with Crippen molar-refractivity contribution in [2.45, 2.75) is 154 Å². The Morgan fingerprint density at radius 3 is 1.78 bits per heavy atom. The Balaban J connectivity index is 4.61. The van der Waals surface area contributed by atoms with Crippen LogP contribution in [0.3, 0.4) is 0 Å². The molecule has 46 heavy (non-hydrogen) atoms. The van der Waals surface area contributed by atoms with Gasteiger partial charge in [0.1, 0.15) is 13.2 Å². The maximum absolute atomic E-state index is 12.7. The number of phosphoric ester groups is 1. The minimum atomic E-state index is -4.34. The van der Waals surface area contributed by atoms with E-state index < -0.39 is 20.0 Å². The molecular weight excluding hydrogens is 599 g/mol. The number of phosphoric acid groups is 1. The molecule has 0 fully saturated rings. The first-order valence-electron chi connectivity index (χ1n) is 18.4. The van der Waals surface area contributed by atoms with Crippen LogP contribution in [0.1, 0.15) is 142 Å². The normalized spacial score (nSPS) is 15.2. The first-order valence-corrected chi connectivity index (χ1v) is 19.9. The van der Waals surface area contributed by atoms with Gasteiger partial charge in [-0.3, -0.25) is 13.8 Å². The number of aliphatic hydroxyl groups is 1. The van der Waals surface area contributed by atoms with Crippen LogP contribution >= 0.6 is 7.82 Å². The Kier molecular flexibility index (Phi) is 29.0. The molecule has 0 spiro atoms. The highest BCUT2D eigenvalue weighted by Gasteiger charge is 2.27. The third kappa shape index (κ3) is 31.3. The Bertz CT molecular complexity index is 855. The minimum absolute atomic E-state index is 0.0512. The number of hydrogen-bond acceptors (Lipinski definition) is 5. The Morgan fingerprint density at radius 2 is 1.24 bits per heavy atom. The summed E-state index contributed by atoms with van der Waals surface area (Å²) in [4.78, 5) is 22.9. The zero-order valence-corrected chi connectivity index (χ0v) is 31.2. The molecular formula is C37H72N2O6P+. The van der Waals surface area contributed by atoms with E-state index in [0.29, 0.717) is 17.4 Å². The van der Waals surface area contributed by atoms with Crippen molar-refractivity contribution >= 4 is 13.7 Å². The monoisotopic (exact) mass is 672 g/mol. The number of aliphatic hydroxyl groups excluding tert-OH is 1. The number of nitrogens with zero attached hydrogens (tertiary/aromatic N) is 1. The number of likely N-dealkylation sites (N-methyl/N-ethyl adjacent to an activating group) is 1. The largest absolute Gasteiger partial charge is 0.472 e. The molecule has 0 aliphatic rings. The van der Waals surface area contributed by atoms with E-state index in [1.54, 1.807) is 12.2 Å². The van der Waals surface area contributed by atoms with Gasteiger partial charge in [0.2, 0.25) is 5.91 Å². The van der Waals surface area contributed by atoms with Crippen LogP contribution in [-0.2, 0) is 18.4 Å². The van der Waals surface area contributed by atoms with E-state index in [2.05, 4.69) is 37.4 Å². The van der Waals surface area contributed by atoms with Crippen molar-refractivity contribution in [3.8, 4) is 0 Å². The molecule has 0 aromatic rings. The summed E-state index contributed by atoms with van der Waals surface area (Å²) < 4.78 is 23.3. The van der Waals surface area contributed by atoms with Gasteiger partial charge >= 0.3 is 7.82 Å². The Labute approximate surface area is 283 Å². The first-order chi connectivity index (χ1) is 22.0. The molecule has 1 unspecified atom stereocenters. The molecule has 0 aromatic carbocycles. The fourth-order valence-corrected chi connectivity index (χ4v) is 5.59. The van der Waals surface area contributed by atoms with Gasteiger partial charge in [-0.15, -0.1) is 0 Å². The Hall–Kier alpha value is -1.28. The van der Waals surface area contributed by atoms with Gasteiger partial charge in [0.25, 0.3) is 0 Å². The van der Waals surface area contributed by atoms with E-state index in [0.717, 1.165) is 44.9 Å². The van der Waals surface area contributed by atoms with Gasteiger partial charge in [-0.25, -0.2) is 4.57 Å². The van der Waals surface area contributed by atoms with Crippen LogP contribution in [0.4, 0.5) is 0 Å². The molecule has 0 aromatic heterocycles. The predicted molar refractivity (Wildman–Crippen MR) is 194 cm³/mol. The minimum Gasteiger partial charge on any atom is -0.387 e. The first kappa shape index (κ1) is 44.7. The second-order valence-corrected chi connectivity index (χ2v) is 15.1. The second-order valence-electron chi connectivity index (χ2n) is 13.6. The molecule has 0 aliphatic heterocycles. The molecule has 270 valence electrons. The Morgan fingerprint density at radius 1 is 0.739 bits per heavy atom. The predicted octanol–water partition coefficient (Wildman–Crippen LogP) is 9.18. The highest BCUT2D eigenvalue weighted by molar-refractivity contribution is 7.47. The number of unbranched alkanes of at least 4 members (excludes halogenated alkanes) is 16. The van der Waals surface area contributed by atoms with Gasteiger partial charge in [0.05, 0.1) is 39.9 Å². The third-order valence-electron chi connectivity index (χ3n) is 7.89. The topological polar surface area (TPSA) is 105 Å². The van der Waals surface area contributed by atoms with Gasteiger partial charge in [-0.1, -0.05) is 127 Å². The lowest BCUT2D eigenvalue weighted by Gasteiger charge is -2.25. The summed E-state index contributed by atoms with van der Waals surface area (Å²) in [5, 5.41) is 13.6. The summed E-state index contributed by atoms with van der Waals surface area (Å²) in [6, 6.07) is -0.878. The van der Waals surface area contributed by atoms with E-state index in [9.17, 15) is 19.4 Å². The van der Waals surface area contributed by atoms with Gasteiger partial charge in [-0.2, -0.15) is 0 Å². The van der Waals surface area contributed by atoms with Crippen molar-refractivity contribution in [3.63, 3.8) is 0 Å². The summed E-state index contributed by atoms with van der Waals surface area (Å²) in [5.74, 6) is -0.208. The molecule has 0 rings (SSSR count). The van der Waals surface area contributed by atoms with E-state index in [1.165, 1.54) is 77.0 Å². The molecule has 8 nitrogen and oxygen atoms in total. The van der Waals surface area contributed by atoms with Gasteiger partial charge in [0.15, 0.2) is 0 Å². The van der Waals surface area contributed by atoms with Crippen LogP contribution in [0.15, 0.2) is 36.5 Å². The molecule has 0 heterocycles. The number of nitrogens with one attached hydrogen (secondary N) is 1. The zero-order valence-electron chi connectivity index (χ0n) is 30.3. The van der Waals surface area contributed by atoms with Crippen molar-refractivity contribution in [1.29, 1.82) is 0 Å². The van der Waals surface area contributed by atoms with Crippen molar-refractivity contribution in [2.24, 2.45) is 0 Å². The molecule has 9 heteroatoms. The second kappa shape index (κ2) is 29.8. The molecule has 0 saturated carbocycles. The van der Waals surface area contributed by atoms with Gasteiger partial charge in [0, 0.05) is 6.42 Å². The number of carbonyl (C=O) groups excluding carboxylic acids is 1. The van der Waals surface area contributed by atoms with Crippen LogP contribution in [-0.4, -0.2) is 73.4 Å². The molecule has 3 N–H and O–H groups in total. The molecule has 0 saturated heterocycles. The highest BCUT2D eigenvalue weighted by atomic mass is 31.2. The van der Waals surface area contributed by atoms with E-state index >= 15 is 0 Å². The number of allylic oxidation sites excluding steroid dienone is 5. The fraction of sp³-hybridized carbons (Fsp3) is 0.811. The van der Waals surface area contributed by atoms with Crippen molar-refractivity contribution in [3.05, 3.63) is 36.5 Å². The quantitative estimate of drug-likeness (QED) is 0.0217. The molecule has 0 bridgehead atoms.